The minimum absolute atomic E-state index is 0.504. The summed E-state index contributed by atoms with van der Waals surface area (Å²) in [5.74, 6) is 2.28. The van der Waals surface area contributed by atoms with Crippen molar-refractivity contribution in [3.8, 4) is 0 Å². The zero-order chi connectivity index (χ0) is 13.8. The molecule has 0 saturated carbocycles. The molecule has 0 bridgehead atoms. The van der Waals surface area contributed by atoms with Crippen molar-refractivity contribution < 1.29 is 0 Å². The van der Waals surface area contributed by atoms with Crippen LogP contribution in [0.4, 0.5) is 5.82 Å². The number of rotatable bonds is 6. The summed E-state index contributed by atoms with van der Waals surface area (Å²) in [4.78, 5) is 7.19. The molecule has 1 atom stereocenters. The van der Waals surface area contributed by atoms with Gasteiger partial charge >= 0.3 is 0 Å². The molecule has 1 unspecified atom stereocenters. The third-order valence-electron chi connectivity index (χ3n) is 4.06. The molecule has 4 heteroatoms. The summed E-state index contributed by atoms with van der Waals surface area (Å²) < 4.78 is 0. The highest BCUT2D eigenvalue weighted by molar-refractivity contribution is 7.98. The van der Waals surface area contributed by atoms with Gasteiger partial charge in [-0.25, -0.2) is 4.98 Å². The van der Waals surface area contributed by atoms with Gasteiger partial charge in [0.05, 0.1) is 0 Å². The average Bonchev–Trinajstić information content (AvgIpc) is 2.89. The normalized spacial score (nSPS) is 15.4. The van der Waals surface area contributed by atoms with Crippen LogP contribution in [0.5, 0.6) is 0 Å². The SMILES string of the molecule is CSCCC(C)N(C)c1nc2c(cc1CN)CCC2. The van der Waals surface area contributed by atoms with E-state index in [0.717, 1.165) is 12.2 Å². The highest BCUT2D eigenvalue weighted by Gasteiger charge is 2.20. The number of hydrogen-bond donors (Lipinski definition) is 1. The number of aryl methyl sites for hydroxylation is 2. The third-order valence-corrected chi connectivity index (χ3v) is 4.71. The van der Waals surface area contributed by atoms with Crippen molar-refractivity contribution in [3.63, 3.8) is 0 Å². The van der Waals surface area contributed by atoms with Gasteiger partial charge in [0.15, 0.2) is 0 Å². The number of nitrogens with zero attached hydrogens (tertiary/aromatic N) is 2. The first-order valence-corrected chi connectivity index (χ1v) is 8.50. The van der Waals surface area contributed by atoms with E-state index in [-0.39, 0.29) is 0 Å². The molecule has 1 aromatic heterocycles. The van der Waals surface area contributed by atoms with Crippen LogP contribution in [0.3, 0.4) is 0 Å². The Morgan fingerprint density at radius 2 is 2.26 bits per heavy atom. The topological polar surface area (TPSA) is 42.2 Å². The van der Waals surface area contributed by atoms with Crippen LogP contribution >= 0.6 is 11.8 Å². The quantitative estimate of drug-likeness (QED) is 0.869. The monoisotopic (exact) mass is 279 g/mol. The lowest BCUT2D eigenvalue weighted by molar-refractivity contribution is 0.657. The Balaban J connectivity index is 2.22. The van der Waals surface area contributed by atoms with Gasteiger partial charge in [-0.2, -0.15) is 11.8 Å². The van der Waals surface area contributed by atoms with Gasteiger partial charge in [0.1, 0.15) is 5.82 Å². The molecular weight excluding hydrogens is 254 g/mol. The van der Waals surface area contributed by atoms with Gasteiger partial charge in [-0.05, 0) is 56.2 Å². The van der Waals surface area contributed by atoms with Gasteiger partial charge in [0, 0.05) is 30.9 Å². The van der Waals surface area contributed by atoms with Gasteiger partial charge in [-0.15, -0.1) is 0 Å². The second kappa shape index (κ2) is 6.62. The summed E-state index contributed by atoms with van der Waals surface area (Å²) in [5.41, 5.74) is 9.81. The number of nitrogens with two attached hydrogens (primary N) is 1. The van der Waals surface area contributed by atoms with Crippen LogP contribution in [-0.2, 0) is 19.4 Å². The van der Waals surface area contributed by atoms with Crippen molar-refractivity contribution >= 4 is 17.6 Å². The molecule has 1 aliphatic rings. The van der Waals surface area contributed by atoms with Crippen molar-refractivity contribution in [1.29, 1.82) is 0 Å². The van der Waals surface area contributed by atoms with E-state index in [1.807, 2.05) is 11.8 Å². The van der Waals surface area contributed by atoms with E-state index in [2.05, 4.69) is 31.2 Å². The van der Waals surface area contributed by atoms with Crippen LogP contribution in [-0.4, -0.2) is 30.1 Å². The molecule has 0 aromatic carbocycles. The lowest BCUT2D eigenvalue weighted by atomic mass is 10.1. The van der Waals surface area contributed by atoms with Crippen LogP contribution in [0, 0.1) is 0 Å². The van der Waals surface area contributed by atoms with Crippen molar-refractivity contribution in [3.05, 3.63) is 22.9 Å². The molecule has 0 spiro atoms. The predicted octanol–water partition coefficient (Wildman–Crippen LogP) is 2.61. The largest absolute Gasteiger partial charge is 0.357 e. The summed E-state index contributed by atoms with van der Waals surface area (Å²) in [5, 5.41) is 0. The molecule has 1 heterocycles. The maximum Gasteiger partial charge on any atom is 0.133 e. The van der Waals surface area contributed by atoms with Gasteiger partial charge in [0.2, 0.25) is 0 Å². The highest BCUT2D eigenvalue weighted by Crippen LogP contribution is 2.28. The molecule has 2 N–H and O–H groups in total. The van der Waals surface area contributed by atoms with E-state index in [1.54, 1.807) is 0 Å². The fraction of sp³-hybridized carbons (Fsp3) is 0.667. The summed E-state index contributed by atoms with van der Waals surface area (Å²) in [6.07, 6.45) is 6.87. The Hall–Kier alpha value is -0.740. The number of fused-ring (bicyclic) bond motifs is 1. The van der Waals surface area contributed by atoms with Crippen molar-refractivity contribution in [1.82, 2.24) is 4.98 Å². The van der Waals surface area contributed by atoms with E-state index >= 15 is 0 Å². The first-order valence-electron chi connectivity index (χ1n) is 7.11. The Kier molecular flexibility index (Phi) is 5.11. The smallest absolute Gasteiger partial charge is 0.133 e. The maximum absolute atomic E-state index is 5.91. The zero-order valence-electron chi connectivity index (χ0n) is 12.3. The molecule has 106 valence electrons. The summed E-state index contributed by atoms with van der Waals surface area (Å²) in [6.45, 7) is 2.85. The molecule has 19 heavy (non-hydrogen) atoms. The lowest BCUT2D eigenvalue weighted by Crippen LogP contribution is -2.31. The highest BCUT2D eigenvalue weighted by atomic mass is 32.2. The zero-order valence-corrected chi connectivity index (χ0v) is 13.1. The number of hydrogen-bond acceptors (Lipinski definition) is 4. The second-order valence-corrected chi connectivity index (χ2v) is 6.36. The minimum Gasteiger partial charge on any atom is -0.357 e. The number of pyridine rings is 1. The Labute approximate surface area is 121 Å². The Morgan fingerprint density at radius 1 is 1.47 bits per heavy atom. The Morgan fingerprint density at radius 3 is 2.95 bits per heavy atom. The van der Waals surface area contributed by atoms with E-state index < -0.39 is 0 Å². The van der Waals surface area contributed by atoms with Crippen LogP contribution < -0.4 is 10.6 Å². The van der Waals surface area contributed by atoms with E-state index in [1.165, 1.54) is 41.8 Å². The first kappa shape index (κ1) is 14.7. The predicted molar refractivity (Wildman–Crippen MR) is 85.0 cm³/mol. The standard InChI is InChI=1S/C15H25N3S/c1-11(7-8-19-3)18(2)15-13(10-16)9-12-5-4-6-14(12)17-15/h9,11H,4-8,10,16H2,1-3H3. The average molecular weight is 279 g/mol. The van der Waals surface area contributed by atoms with E-state index in [0.29, 0.717) is 12.6 Å². The maximum atomic E-state index is 5.91. The van der Waals surface area contributed by atoms with Crippen molar-refractivity contribution in [2.75, 3.05) is 24.0 Å². The van der Waals surface area contributed by atoms with Crippen molar-refractivity contribution in [2.45, 2.75) is 45.2 Å². The fourth-order valence-electron chi connectivity index (χ4n) is 2.66. The molecular formula is C15H25N3S. The minimum atomic E-state index is 0.504. The molecule has 3 nitrogen and oxygen atoms in total. The van der Waals surface area contributed by atoms with Crippen LogP contribution in [0.2, 0.25) is 0 Å². The fourth-order valence-corrected chi connectivity index (χ4v) is 3.23. The number of thioether (sulfide) groups is 1. The molecule has 1 aromatic rings. The summed E-state index contributed by atoms with van der Waals surface area (Å²) in [7, 11) is 2.15. The second-order valence-electron chi connectivity index (χ2n) is 5.38. The van der Waals surface area contributed by atoms with Gasteiger partial charge in [-0.3, -0.25) is 0 Å². The van der Waals surface area contributed by atoms with E-state index in [4.69, 9.17) is 10.7 Å². The molecule has 0 fully saturated rings. The van der Waals surface area contributed by atoms with Crippen molar-refractivity contribution in [2.24, 2.45) is 5.73 Å². The van der Waals surface area contributed by atoms with Gasteiger partial charge in [0.25, 0.3) is 0 Å². The Bertz CT molecular complexity index is 434. The van der Waals surface area contributed by atoms with Crippen LogP contribution in [0.25, 0.3) is 0 Å². The number of aromatic nitrogens is 1. The third kappa shape index (κ3) is 3.23. The lowest BCUT2D eigenvalue weighted by Gasteiger charge is -2.28. The molecule has 2 rings (SSSR count). The molecule has 1 aliphatic carbocycles. The van der Waals surface area contributed by atoms with E-state index in [9.17, 15) is 0 Å². The van der Waals surface area contributed by atoms with Crippen LogP contribution in [0.1, 0.15) is 36.6 Å². The summed E-state index contributed by atoms with van der Waals surface area (Å²) >= 11 is 1.90. The van der Waals surface area contributed by atoms with Crippen LogP contribution in [0.15, 0.2) is 6.07 Å². The molecule has 0 radical (unpaired) electrons. The molecule has 0 amide bonds. The summed E-state index contributed by atoms with van der Waals surface area (Å²) in [6, 6.07) is 2.78. The number of anilines is 1. The molecule has 0 saturated heterocycles. The first-order chi connectivity index (χ1) is 9.17. The van der Waals surface area contributed by atoms with Gasteiger partial charge < -0.3 is 10.6 Å². The van der Waals surface area contributed by atoms with Gasteiger partial charge in [-0.1, -0.05) is 0 Å². The molecule has 0 aliphatic heterocycles.